The van der Waals surface area contributed by atoms with E-state index >= 15 is 0 Å². The van der Waals surface area contributed by atoms with E-state index in [1.165, 1.54) is 21.6 Å². The highest BCUT2D eigenvalue weighted by Gasteiger charge is 2.38. The van der Waals surface area contributed by atoms with E-state index in [4.69, 9.17) is 4.74 Å². The van der Waals surface area contributed by atoms with Crippen LogP contribution in [0.15, 0.2) is 29.4 Å². The van der Waals surface area contributed by atoms with E-state index in [0.717, 1.165) is 5.03 Å². The van der Waals surface area contributed by atoms with Crippen molar-refractivity contribution in [1.29, 1.82) is 0 Å². The van der Waals surface area contributed by atoms with Gasteiger partial charge in [0.25, 0.3) is 0 Å². The number of pyridine rings is 1. The summed E-state index contributed by atoms with van der Waals surface area (Å²) in [5.41, 5.74) is -0.586. The standard InChI is InChI=1S/C21H31N3O5S2/c1-14-12-23(20(28)29-21(3,4)5)10-11-24(14)18(25)16(15(2)19(26)27)13-30-31-17-8-6-7-9-22-17/h6-9,14-16H,10-13H2,1-5H3,(H,26,27). The number of carbonyl (C=O) groups is 3. The minimum absolute atomic E-state index is 0.194. The summed E-state index contributed by atoms with van der Waals surface area (Å²) in [5.74, 6) is -2.33. The lowest BCUT2D eigenvalue weighted by Crippen LogP contribution is -2.58. The molecule has 1 saturated heterocycles. The van der Waals surface area contributed by atoms with Crippen LogP contribution in [0.4, 0.5) is 4.79 Å². The number of carbonyl (C=O) groups excluding carboxylic acids is 2. The second kappa shape index (κ2) is 11.1. The van der Waals surface area contributed by atoms with Crippen LogP contribution in [0.2, 0.25) is 0 Å². The molecule has 31 heavy (non-hydrogen) atoms. The summed E-state index contributed by atoms with van der Waals surface area (Å²) in [4.78, 5) is 44.8. The summed E-state index contributed by atoms with van der Waals surface area (Å²) in [5, 5.41) is 10.3. The number of piperazine rings is 1. The maximum absolute atomic E-state index is 13.3. The van der Waals surface area contributed by atoms with Gasteiger partial charge in [0.2, 0.25) is 5.91 Å². The molecule has 2 amide bonds. The monoisotopic (exact) mass is 469 g/mol. The predicted molar refractivity (Wildman–Crippen MR) is 122 cm³/mol. The second-order valence-corrected chi connectivity index (χ2v) is 10.9. The van der Waals surface area contributed by atoms with Crippen LogP contribution in [0.3, 0.4) is 0 Å². The summed E-state index contributed by atoms with van der Waals surface area (Å²) in [6.45, 7) is 9.93. The number of aromatic nitrogens is 1. The molecule has 0 aliphatic carbocycles. The van der Waals surface area contributed by atoms with Gasteiger partial charge < -0.3 is 19.6 Å². The highest BCUT2D eigenvalue weighted by molar-refractivity contribution is 8.76. The van der Waals surface area contributed by atoms with Crippen LogP contribution >= 0.6 is 21.6 Å². The number of hydrogen-bond acceptors (Lipinski definition) is 7. The maximum Gasteiger partial charge on any atom is 0.410 e. The zero-order valence-electron chi connectivity index (χ0n) is 18.6. The fourth-order valence-electron chi connectivity index (χ4n) is 3.16. The second-order valence-electron chi connectivity index (χ2n) is 8.58. The zero-order chi connectivity index (χ0) is 23.2. The van der Waals surface area contributed by atoms with Gasteiger partial charge in [-0.15, -0.1) is 0 Å². The lowest BCUT2D eigenvalue weighted by Gasteiger charge is -2.41. The third-order valence-corrected chi connectivity index (χ3v) is 7.20. The zero-order valence-corrected chi connectivity index (χ0v) is 20.2. The van der Waals surface area contributed by atoms with Crippen molar-refractivity contribution in [2.75, 3.05) is 25.4 Å². The topological polar surface area (TPSA) is 100 Å². The number of rotatable bonds is 7. The summed E-state index contributed by atoms with van der Waals surface area (Å²) in [6, 6.07) is 5.34. The Morgan fingerprint density at radius 2 is 2.00 bits per heavy atom. The van der Waals surface area contributed by atoms with Crippen molar-refractivity contribution in [3.05, 3.63) is 24.4 Å². The van der Waals surface area contributed by atoms with Gasteiger partial charge >= 0.3 is 12.1 Å². The molecule has 0 bridgehead atoms. The van der Waals surface area contributed by atoms with E-state index in [2.05, 4.69) is 4.98 Å². The third-order valence-electron chi connectivity index (χ3n) is 4.90. The normalized spacial score (nSPS) is 18.9. The Kier molecular flexibility index (Phi) is 9.05. The molecular weight excluding hydrogens is 438 g/mol. The van der Waals surface area contributed by atoms with E-state index in [-0.39, 0.29) is 11.9 Å². The Labute approximate surface area is 191 Å². The molecule has 1 N–H and O–H groups in total. The summed E-state index contributed by atoms with van der Waals surface area (Å²) < 4.78 is 5.43. The predicted octanol–water partition coefficient (Wildman–Crippen LogP) is 3.63. The first-order valence-corrected chi connectivity index (χ1v) is 12.5. The van der Waals surface area contributed by atoms with E-state index in [1.54, 1.807) is 22.9 Å². The Morgan fingerprint density at radius 3 is 2.55 bits per heavy atom. The van der Waals surface area contributed by atoms with E-state index in [9.17, 15) is 19.5 Å². The minimum atomic E-state index is -0.998. The largest absolute Gasteiger partial charge is 0.481 e. The van der Waals surface area contributed by atoms with Gasteiger partial charge in [0.15, 0.2) is 0 Å². The van der Waals surface area contributed by atoms with Crippen molar-refractivity contribution in [2.24, 2.45) is 11.8 Å². The van der Waals surface area contributed by atoms with Crippen molar-refractivity contribution in [1.82, 2.24) is 14.8 Å². The van der Waals surface area contributed by atoms with E-state index in [0.29, 0.717) is 25.4 Å². The molecule has 0 spiro atoms. The van der Waals surface area contributed by atoms with E-state index < -0.39 is 29.5 Å². The van der Waals surface area contributed by atoms with Gasteiger partial charge in [-0.1, -0.05) is 23.8 Å². The Hall–Kier alpha value is -1.94. The quantitative estimate of drug-likeness (QED) is 0.605. The van der Waals surface area contributed by atoms with Gasteiger partial charge in [0.05, 0.1) is 11.8 Å². The molecule has 0 radical (unpaired) electrons. The molecule has 3 atom stereocenters. The number of nitrogens with zero attached hydrogens (tertiary/aromatic N) is 3. The SMILES string of the molecule is CC(C(=O)O)C(CSSc1ccccn1)C(=O)N1CCN(C(=O)OC(C)(C)C)CC1C. The first-order valence-electron chi connectivity index (χ1n) is 10.2. The van der Waals surface area contributed by atoms with Crippen LogP contribution in [-0.2, 0) is 14.3 Å². The van der Waals surface area contributed by atoms with E-state index in [1.807, 2.05) is 45.9 Å². The summed E-state index contributed by atoms with van der Waals surface area (Å²) >= 11 is 0. The lowest BCUT2D eigenvalue weighted by molar-refractivity contribution is -0.150. The molecule has 1 aromatic rings. The first kappa shape index (κ1) is 25.3. The van der Waals surface area contributed by atoms with Crippen molar-refractivity contribution < 1.29 is 24.2 Å². The number of carboxylic acid groups (broad SMARTS) is 1. The number of amides is 2. The van der Waals surface area contributed by atoms with Crippen molar-refractivity contribution in [2.45, 2.75) is 51.3 Å². The molecule has 172 valence electrons. The van der Waals surface area contributed by atoms with Crippen LogP contribution in [0, 0.1) is 11.8 Å². The fraction of sp³-hybridized carbons (Fsp3) is 0.619. The molecule has 3 unspecified atom stereocenters. The van der Waals surface area contributed by atoms with Gasteiger partial charge in [-0.05, 0) is 50.6 Å². The fourth-order valence-corrected chi connectivity index (χ4v) is 5.46. The molecule has 0 aromatic carbocycles. The Bertz CT molecular complexity index is 772. The van der Waals surface area contributed by atoms with Crippen molar-refractivity contribution >= 4 is 39.6 Å². The number of hydrogen-bond donors (Lipinski definition) is 1. The van der Waals surface area contributed by atoms with Gasteiger partial charge in [-0.3, -0.25) is 9.59 Å². The van der Waals surface area contributed by atoms with Crippen molar-refractivity contribution in [3.8, 4) is 0 Å². The molecule has 1 aliphatic rings. The van der Waals surface area contributed by atoms with Crippen LogP contribution in [-0.4, -0.2) is 74.9 Å². The highest BCUT2D eigenvalue weighted by atomic mass is 33.1. The molecule has 2 rings (SSSR count). The summed E-state index contributed by atoms with van der Waals surface area (Å²) in [7, 11) is 2.85. The third kappa shape index (κ3) is 7.60. The average molecular weight is 470 g/mol. The molecular formula is C21H31N3O5S2. The van der Waals surface area contributed by atoms with Crippen LogP contribution in [0.5, 0.6) is 0 Å². The number of carboxylic acids is 1. The molecule has 10 heteroatoms. The van der Waals surface area contributed by atoms with Gasteiger partial charge in [-0.2, -0.15) is 0 Å². The summed E-state index contributed by atoms with van der Waals surface area (Å²) in [6.07, 6.45) is 1.29. The van der Waals surface area contributed by atoms with Crippen LogP contribution < -0.4 is 0 Å². The lowest BCUT2D eigenvalue weighted by atomic mass is 9.93. The highest BCUT2D eigenvalue weighted by Crippen LogP contribution is 2.33. The molecule has 1 aromatic heterocycles. The molecule has 2 heterocycles. The molecule has 0 saturated carbocycles. The van der Waals surface area contributed by atoms with Crippen LogP contribution in [0.1, 0.15) is 34.6 Å². The van der Waals surface area contributed by atoms with Gasteiger partial charge in [-0.25, -0.2) is 9.78 Å². The number of aliphatic carboxylic acids is 1. The Morgan fingerprint density at radius 1 is 1.29 bits per heavy atom. The average Bonchev–Trinajstić information content (AvgIpc) is 2.69. The van der Waals surface area contributed by atoms with Crippen LogP contribution in [0.25, 0.3) is 0 Å². The molecule has 1 fully saturated rings. The minimum Gasteiger partial charge on any atom is -0.481 e. The smallest absolute Gasteiger partial charge is 0.410 e. The molecule has 8 nitrogen and oxygen atoms in total. The maximum atomic E-state index is 13.3. The molecule has 1 aliphatic heterocycles. The van der Waals surface area contributed by atoms with Gasteiger partial charge in [0.1, 0.15) is 10.6 Å². The first-order chi connectivity index (χ1) is 14.5. The Balaban J connectivity index is 2.01. The van der Waals surface area contributed by atoms with Crippen molar-refractivity contribution in [3.63, 3.8) is 0 Å². The number of ether oxygens (including phenoxy) is 1. The van der Waals surface area contributed by atoms with Gasteiger partial charge in [0, 0.05) is 37.6 Å².